The molecule has 3 N–H and O–H groups in total. The van der Waals surface area contributed by atoms with Crippen molar-refractivity contribution in [2.24, 2.45) is 5.73 Å². The Morgan fingerprint density at radius 1 is 1.40 bits per heavy atom. The molecule has 0 bridgehead atoms. The van der Waals surface area contributed by atoms with Gasteiger partial charge < -0.3 is 11.1 Å². The van der Waals surface area contributed by atoms with E-state index in [1.165, 1.54) is 17.5 Å². The third-order valence-electron chi connectivity index (χ3n) is 3.07. The summed E-state index contributed by atoms with van der Waals surface area (Å²) < 4.78 is 0. The highest BCUT2D eigenvalue weighted by molar-refractivity contribution is 5.26. The Bertz CT molecular complexity index is 297. The highest BCUT2D eigenvalue weighted by Gasteiger charge is 2.15. The second-order valence-corrected chi connectivity index (χ2v) is 4.61. The number of hydrogen-bond donors (Lipinski definition) is 2. The largest absolute Gasteiger partial charge is 0.328 e. The van der Waals surface area contributed by atoms with E-state index in [-0.39, 0.29) is 6.04 Å². The lowest BCUT2D eigenvalue weighted by Crippen LogP contribution is -2.17. The van der Waals surface area contributed by atoms with Crippen LogP contribution in [0.1, 0.15) is 30.4 Å². The molecule has 0 saturated carbocycles. The molecule has 2 unspecified atom stereocenters. The molecule has 1 aromatic rings. The average molecular weight is 204 g/mol. The fourth-order valence-electron chi connectivity index (χ4n) is 2.24. The van der Waals surface area contributed by atoms with Gasteiger partial charge in [0.2, 0.25) is 0 Å². The molecule has 1 aromatic carbocycles. The molecule has 0 spiro atoms. The van der Waals surface area contributed by atoms with Crippen LogP contribution in [-0.4, -0.2) is 19.1 Å². The van der Waals surface area contributed by atoms with Crippen LogP contribution in [0.2, 0.25) is 0 Å². The van der Waals surface area contributed by atoms with E-state index in [1.807, 2.05) is 0 Å². The molecule has 2 heteroatoms. The maximum Gasteiger partial charge on any atom is 0.00509 e. The van der Waals surface area contributed by atoms with E-state index in [1.54, 1.807) is 0 Å². The Morgan fingerprint density at radius 3 is 2.67 bits per heavy atom. The van der Waals surface area contributed by atoms with Crippen molar-refractivity contribution < 1.29 is 0 Å². The van der Waals surface area contributed by atoms with Crippen LogP contribution in [-0.2, 0) is 6.42 Å². The number of benzene rings is 1. The fourth-order valence-corrected chi connectivity index (χ4v) is 2.24. The summed E-state index contributed by atoms with van der Waals surface area (Å²) in [5.74, 6) is 0.717. The summed E-state index contributed by atoms with van der Waals surface area (Å²) in [4.78, 5) is 0. The maximum atomic E-state index is 5.77. The van der Waals surface area contributed by atoms with Crippen molar-refractivity contribution in [3.05, 3.63) is 35.4 Å². The summed E-state index contributed by atoms with van der Waals surface area (Å²) >= 11 is 0. The van der Waals surface area contributed by atoms with E-state index in [0.717, 1.165) is 19.5 Å². The molecule has 1 aliphatic heterocycles. The van der Waals surface area contributed by atoms with E-state index < -0.39 is 0 Å². The first-order valence-electron chi connectivity index (χ1n) is 5.81. The van der Waals surface area contributed by atoms with Gasteiger partial charge in [0.15, 0.2) is 0 Å². The highest BCUT2D eigenvalue weighted by atomic mass is 14.9. The second-order valence-electron chi connectivity index (χ2n) is 4.61. The van der Waals surface area contributed by atoms with Gasteiger partial charge in [-0.25, -0.2) is 0 Å². The molecule has 1 saturated heterocycles. The van der Waals surface area contributed by atoms with Crippen LogP contribution in [0.5, 0.6) is 0 Å². The van der Waals surface area contributed by atoms with Crippen molar-refractivity contribution in [3.63, 3.8) is 0 Å². The first kappa shape index (κ1) is 10.7. The predicted molar refractivity (Wildman–Crippen MR) is 64.0 cm³/mol. The smallest absolute Gasteiger partial charge is 0.00509 e. The molecule has 82 valence electrons. The van der Waals surface area contributed by atoms with Gasteiger partial charge in [0.25, 0.3) is 0 Å². The Labute approximate surface area is 91.9 Å². The van der Waals surface area contributed by atoms with Crippen molar-refractivity contribution >= 4 is 0 Å². The van der Waals surface area contributed by atoms with Gasteiger partial charge in [-0.3, -0.25) is 0 Å². The summed E-state index contributed by atoms with van der Waals surface area (Å²) in [6.45, 7) is 4.34. The minimum atomic E-state index is 0.254. The Hall–Kier alpha value is -0.860. The molecular formula is C13H20N2. The van der Waals surface area contributed by atoms with Gasteiger partial charge in [-0.05, 0) is 43.4 Å². The van der Waals surface area contributed by atoms with Crippen molar-refractivity contribution in [2.45, 2.75) is 31.7 Å². The van der Waals surface area contributed by atoms with E-state index in [9.17, 15) is 0 Å². The molecule has 0 aliphatic carbocycles. The summed E-state index contributed by atoms with van der Waals surface area (Å²) in [7, 11) is 0. The lowest BCUT2D eigenvalue weighted by Gasteiger charge is -2.10. The quantitative estimate of drug-likeness (QED) is 0.785. The fraction of sp³-hybridized carbons (Fsp3) is 0.538. The predicted octanol–water partition coefficient (Wildman–Crippen LogP) is 1.65. The maximum absolute atomic E-state index is 5.77. The topological polar surface area (TPSA) is 38.0 Å². The molecule has 2 nitrogen and oxygen atoms in total. The molecule has 1 aliphatic rings. The van der Waals surface area contributed by atoms with Gasteiger partial charge in [0.1, 0.15) is 0 Å². The molecule has 1 fully saturated rings. The molecule has 0 aromatic heterocycles. The van der Waals surface area contributed by atoms with E-state index >= 15 is 0 Å². The highest BCUT2D eigenvalue weighted by Crippen LogP contribution is 2.22. The lowest BCUT2D eigenvalue weighted by atomic mass is 9.96. The number of hydrogen-bond acceptors (Lipinski definition) is 2. The SMILES string of the molecule is CC(N)Cc1ccc(C2CCNC2)cc1. The molecule has 15 heavy (non-hydrogen) atoms. The van der Waals surface area contributed by atoms with Crippen molar-refractivity contribution in [2.75, 3.05) is 13.1 Å². The zero-order valence-electron chi connectivity index (χ0n) is 9.37. The van der Waals surface area contributed by atoms with Gasteiger partial charge in [0, 0.05) is 12.6 Å². The van der Waals surface area contributed by atoms with Gasteiger partial charge in [-0.2, -0.15) is 0 Å². The van der Waals surface area contributed by atoms with E-state index in [2.05, 4.69) is 36.5 Å². The normalized spacial score (nSPS) is 22.9. The minimum Gasteiger partial charge on any atom is -0.328 e. The van der Waals surface area contributed by atoms with Crippen LogP contribution in [0.3, 0.4) is 0 Å². The summed E-state index contributed by atoms with van der Waals surface area (Å²) in [5, 5.41) is 3.40. The molecule has 2 rings (SSSR count). The third-order valence-corrected chi connectivity index (χ3v) is 3.07. The van der Waals surface area contributed by atoms with Crippen molar-refractivity contribution in [1.82, 2.24) is 5.32 Å². The number of rotatable bonds is 3. The zero-order valence-corrected chi connectivity index (χ0v) is 9.37. The van der Waals surface area contributed by atoms with Crippen molar-refractivity contribution in [3.8, 4) is 0 Å². The average Bonchev–Trinajstić information content (AvgIpc) is 2.71. The second kappa shape index (κ2) is 4.77. The Balaban J connectivity index is 2.03. The first-order chi connectivity index (χ1) is 7.25. The van der Waals surface area contributed by atoms with Crippen LogP contribution in [0.4, 0.5) is 0 Å². The van der Waals surface area contributed by atoms with E-state index in [0.29, 0.717) is 5.92 Å². The van der Waals surface area contributed by atoms with Gasteiger partial charge in [0.05, 0.1) is 0 Å². The standard InChI is InChI=1S/C13H20N2/c1-10(14)8-11-2-4-12(5-3-11)13-6-7-15-9-13/h2-5,10,13,15H,6-9,14H2,1H3. The van der Waals surface area contributed by atoms with Crippen LogP contribution >= 0.6 is 0 Å². The molecule has 0 amide bonds. The third kappa shape index (κ3) is 2.80. The monoisotopic (exact) mass is 204 g/mol. The molecular weight excluding hydrogens is 184 g/mol. The molecule has 1 heterocycles. The molecule has 0 radical (unpaired) electrons. The summed E-state index contributed by atoms with van der Waals surface area (Å²) in [5.41, 5.74) is 8.59. The van der Waals surface area contributed by atoms with Gasteiger partial charge in [-0.15, -0.1) is 0 Å². The van der Waals surface area contributed by atoms with E-state index in [4.69, 9.17) is 5.73 Å². The first-order valence-corrected chi connectivity index (χ1v) is 5.81. The van der Waals surface area contributed by atoms with Gasteiger partial charge in [-0.1, -0.05) is 24.3 Å². The van der Waals surface area contributed by atoms with Crippen LogP contribution in [0, 0.1) is 0 Å². The van der Waals surface area contributed by atoms with Crippen LogP contribution in [0.25, 0.3) is 0 Å². The minimum absolute atomic E-state index is 0.254. The number of nitrogens with one attached hydrogen (secondary N) is 1. The van der Waals surface area contributed by atoms with Crippen LogP contribution < -0.4 is 11.1 Å². The Morgan fingerprint density at radius 2 is 2.13 bits per heavy atom. The zero-order chi connectivity index (χ0) is 10.7. The van der Waals surface area contributed by atoms with Crippen LogP contribution in [0.15, 0.2) is 24.3 Å². The summed E-state index contributed by atoms with van der Waals surface area (Å²) in [6, 6.07) is 9.21. The Kier molecular flexibility index (Phi) is 3.39. The number of nitrogens with two attached hydrogens (primary N) is 1. The lowest BCUT2D eigenvalue weighted by molar-refractivity contribution is 0.734. The summed E-state index contributed by atoms with van der Waals surface area (Å²) in [6.07, 6.45) is 2.25. The van der Waals surface area contributed by atoms with Gasteiger partial charge >= 0.3 is 0 Å². The molecule has 2 atom stereocenters. The van der Waals surface area contributed by atoms with Crippen molar-refractivity contribution in [1.29, 1.82) is 0 Å².